The van der Waals surface area contributed by atoms with Gasteiger partial charge in [0.05, 0.1) is 5.69 Å². The first-order valence-corrected chi connectivity index (χ1v) is 9.93. The summed E-state index contributed by atoms with van der Waals surface area (Å²) in [6.07, 6.45) is 9.31. The van der Waals surface area contributed by atoms with Crippen LogP contribution in [0.25, 0.3) is 0 Å². The standard InChI is InChI=1S/C22H30FN3O2/c1-4-6-7-8-9-10-14-28-20-13-11-12-17(21(20)23)16-24-22(27)19-15-18(5-2)25-26(19)3/h9-13,15H,4-8,14,16H2,1-3H3,(H,24,27). The Morgan fingerprint density at radius 1 is 1.29 bits per heavy atom. The number of nitrogens with one attached hydrogen (secondary N) is 1. The van der Waals surface area contributed by atoms with Gasteiger partial charge in [0, 0.05) is 19.2 Å². The zero-order valence-corrected chi connectivity index (χ0v) is 17.0. The van der Waals surface area contributed by atoms with E-state index < -0.39 is 5.82 Å². The molecule has 1 amide bonds. The lowest BCUT2D eigenvalue weighted by Crippen LogP contribution is -2.25. The van der Waals surface area contributed by atoms with Crippen LogP contribution in [-0.2, 0) is 20.0 Å². The van der Waals surface area contributed by atoms with E-state index >= 15 is 0 Å². The highest BCUT2D eigenvalue weighted by Gasteiger charge is 2.14. The predicted molar refractivity (Wildman–Crippen MR) is 109 cm³/mol. The molecule has 0 saturated heterocycles. The molecular weight excluding hydrogens is 357 g/mol. The Morgan fingerprint density at radius 2 is 2.11 bits per heavy atom. The van der Waals surface area contributed by atoms with Crippen LogP contribution in [0.4, 0.5) is 4.39 Å². The van der Waals surface area contributed by atoms with Gasteiger partial charge >= 0.3 is 0 Å². The highest BCUT2D eigenvalue weighted by molar-refractivity contribution is 5.92. The molecule has 1 N–H and O–H groups in total. The molecule has 0 aliphatic rings. The van der Waals surface area contributed by atoms with Crippen LogP contribution < -0.4 is 10.1 Å². The summed E-state index contributed by atoms with van der Waals surface area (Å²) in [5.41, 5.74) is 1.69. The van der Waals surface area contributed by atoms with Crippen molar-refractivity contribution in [2.45, 2.75) is 52.5 Å². The molecule has 1 heterocycles. The summed E-state index contributed by atoms with van der Waals surface area (Å²) in [7, 11) is 1.72. The molecule has 0 atom stereocenters. The lowest BCUT2D eigenvalue weighted by molar-refractivity contribution is 0.0941. The normalized spacial score (nSPS) is 11.1. The number of allylic oxidation sites excluding steroid dienone is 1. The number of ether oxygens (including phenoxy) is 1. The summed E-state index contributed by atoms with van der Waals surface area (Å²) in [5.74, 6) is -0.532. The van der Waals surface area contributed by atoms with Gasteiger partial charge in [0.2, 0.25) is 0 Å². The number of benzene rings is 1. The van der Waals surface area contributed by atoms with Crippen LogP contribution in [0.1, 0.15) is 61.3 Å². The van der Waals surface area contributed by atoms with Crippen LogP contribution in [0.15, 0.2) is 36.4 Å². The smallest absolute Gasteiger partial charge is 0.269 e. The minimum atomic E-state index is -0.443. The van der Waals surface area contributed by atoms with Gasteiger partial charge in [0.25, 0.3) is 5.91 Å². The number of nitrogens with zero attached hydrogens (tertiary/aromatic N) is 2. The number of carbonyl (C=O) groups excluding carboxylic acids is 1. The van der Waals surface area contributed by atoms with Crippen molar-refractivity contribution in [2.75, 3.05) is 6.61 Å². The number of aromatic nitrogens is 2. The Morgan fingerprint density at radius 3 is 2.82 bits per heavy atom. The summed E-state index contributed by atoms with van der Waals surface area (Å²) >= 11 is 0. The first-order chi connectivity index (χ1) is 13.6. The maximum atomic E-state index is 14.6. The topological polar surface area (TPSA) is 56.1 Å². The molecule has 0 radical (unpaired) electrons. The lowest BCUT2D eigenvalue weighted by Gasteiger charge is -2.10. The van der Waals surface area contributed by atoms with Crippen molar-refractivity contribution < 1.29 is 13.9 Å². The van der Waals surface area contributed by atoms with Crippen LogP contribution in [0.5, 0.6) is 5.75 Å². The fourth-order valence-electron chi connectivity index (χ4n) is 2.82. The van der Waals surface area contributed by atoms with Crippen molar-refractivity contribution in [3.05, 3.63) is 59.2 Å². The zero-order valence-electron chi connectivity index (χ0n) is 17.0. The van der Waals surface area contributed by atoms with Crippen molar-refractivity contribution in [1.82, 2.24) is 15.1 Å². The number of hydrogen-bond acceptors (Lipinski definition) is 3. The first-order valence-electron chi connectivity index (χ1n) is 9.93. The Balaban J connectivity index is 1.89. The second-order valence-corrected chi connectivity index (χ2v) is 6.69. The molecule has 28 heavy (non-hydrogen) atoms. The number of amides is 1. The van der Waals surface area contributed by atoms with Crippen LogP contribution in [0.3, 0.4) is 0 Å². The van der Waals surface area contributed by atoms with Gasteiger partial charge in [0.1, 0.15) is 12.3 Å². The van der Waals surface area contributed by atoms with Crippen LogP contribution in [0, 0.1) is 5.82 Å². The maximum Gasteiger partial charge on any atom is 0.269 e. The predicted octanol–water partition coefficient (Wildman–Crippen LogP) is 4.57. The highest BCUT2D eigenvalue weighted by atomic mass is 19.1. The molecule has 0 aliphatic carbocycles. The summed E-state index contributed by atoms with van der Waals surface area (Å²) in [6.45, 7) is 4.56. The number of hydrogen-bond donors (Lipinski definition) is 1. The fraction of sp³-hybridized carbons (Fsp3) is 0.455. The van der Waals surface area contributed by atoms with Gasteiger partial charge in [0.15, 0.2) is 11.6 Å². The maximum absolute atomic E-state index is 14.6. The first kappa shape index (κ1) is 21.7. The Bertz CT molecular complexity index is 799. The van der Waals surface area contributed by atoms with Crippen molar-refractivity contribution in [1.29, 1.82) is 0 Å². The summed E-state index contributed by atoms with van der Waals surface area (Å²) in [4.78, 5) is 12.3. The van der Waals surface area contributed by atoms with Gasteiger partial charge in [-0.3, -0.25) is 9.48 Å². The van der Waals surface area contributed by atoms with Crippen LogP contribution >= 0.6 is 0 Å². The average molecular weight is 387 g/mol. The average Bonchev–Trinajstić information content (AvgIpc) is 3.08. The lowest BCUT2D eigenvalue weighted by atomic mass is 10.2. The van der Waals surface area contributed by atoms with E-state index in [0.29, 0.717) is 17.9 Å². The Hall–Kier alpha value is -2.63. The number of rotatable bonds is 11. The minimum Gasteiger partial charge on any atom is -0.486 e. The molecule has 152 valence electrons. The molecule has 0 unspecified atom stereocenters. The molecule has 1 aromatic carbocycles. The molecule has 2 rings (SSSR count). The third-order valence-corrected chi connectivity index (χ3v) is 4.48. The molecule has 2 aromatic rings. The van der Waals surface area contributed by atoms with Crippen LogP contribution in [-0.4, -0.2) is 22.3 Å². The van der Waals surface area contributed by atoms with E-state index in [9.17, 15) is 9.18 Å². The molecule has 0 spiro atoms. The summed E-state index contributed by atoms with van der Waals surface area (Å²) in [5, 5.41) is 7.01. The van der Waals surface area contributed by atoms with Crippen molar-refractivity contribution >= 4 is 5.91 Å². The molecular formula is C22H30FN3O2. The van der Waals surface area contributed by atoms with E-state index in [-0.39, 0.29) is 18.2 Å². The van der Waals surface area contributed by atoms with E-state index in [1.54, 1.807) is 31.3 Å². The van der Waals surface area contributed by atoms with Gasteiger partial charge in [-0.2, -0.15) is 5.10 Å². The molecule has 0 fully saturated rings. The Labute approximate surface area is 166 Å². The third-order valence-electron chi connectivity index (χ3n) is 4.48. The van der Waals surface area contributed by atoms with Gasteiger partial charge in [-0.15, -0.1) is 0 Å². The zero-order chi connectivity index (χ0) is 20.4. The van der Waals surface area contributed by atoms with Gasteiger partial charge in [-0.25, -0.2) is 4.39 Å². The monoisotopic (exact) mass is 387 g/mol. The van der Waals surface area contributed by atoms with E-state index in [1.807, 2.05) is 13.0 Å². The number of unbranched alkanes of at least 4 members (excludes halogenated alkanes) is 3. The number of carbonyl (C=O) groups is 1. The van der Waals surface area contributed by atoms with Crippen LogP contribution in [0.2, 0.25) is 0 Å². The van der Waals surface area contributed by atoms with Gasteiger partial charge < -0.3 is 10.1 Å². The molecule has 1 aromatic heterocycles. The summed E-state index contributed by atoms with van der Waals surface area (Å²) in [6, 6.07) is 6.71. The highest BCUT2D eigenvalue weighted by Crippen LogP contribution is 2.20. The fourth-order valence-corrected chi connectivity index (χ4v) is 2.82. The number of halogens is 1. The molecule has 6 heteroatoms. The minimum absolute atomic E-state index is 0.0847. The largest absolute Gasteiger partial charge is 0.486 e. The second-order valence-electron chi connectivity index (χ2n) is 6.69. The van der Waals surface area contributed by atoms with Crippen molar-refractivity contribution in [2.24, 2.45) is 7.05 Å². The van der Waals surface area contributed by atoms with Crippen molar-refractivity contribution in [3.8, 4) is 5.75 Å². The second kappa shape index (κ2) is 11.3. The molecule has 5 nitrogen and oxygen atoms in total. The van der Waals surface area contributed by atoms with Gasteiger partial charge in [-0.05, 0) is 31.4 Å². The molecule has 0 bridgehead atoms. The van der Waals surface area contributed by atoms with E-state index in [0.717, 1.165) is 25.0 Å². The number of aryl methyl sites for hydroxylation is 2. The van der Waals surface area contributed by atoms with Gasteiger partial charge in [-0.1, -0.05) is 51.0 Å². The third kappa shape index (κ3) is 6.22. The van der Waals surface area contributed by atoms with E-state index in [4.69, 9.17) is 4.74 Å². The van der Waals surface area contributed by atoms with Crippen molar-refractivity contribution in [3.63, 3.8) is 0 Å². The summed E-state index contributed by atoms with van der Waals surface area (Å²) < 4.78 is 21.7. The quantitative estimate of drug-likeness (QED) is 0.454. The van der Waals surface area contributed by atoms with E-state index in [2.05, 4.69) is 23.4 Å². The Kier molecular flexibility index (Phi) is 8.72. The molecule has 0 aliphatic heterocycles. The SMILES string of the molecule is CCCCCC=CCOc1cccc(CNC(=O)c2cc(CC)nn2C)c1F. The van der Waals surface area contributed by atoms with E-state index in [1.165, 1.54) is 17.5 Å². The molecule has 0 saturated carbocycles.